The Kier molecular flexibility index (Phi) is 6.51. The molecular weight excluding hydrogens is 435 g/mol. The smallest absolute Gasteiger partial charge is 0.418 e. The molecule has 182 valence electrons. The lowest BCUT2D eigenvalue weighted by atomic mass is 9.78. The van der Waals surface area contributed by atoms with Crippen molar-refractivity contribution in [1.82, 2.24) is 4.90 Å². The molecule has 1 aromatic carbocycles. The molecule has 1 atom stereocenters. The summed E-state index contributed by atoms with van der Waals surface area (Å²) in [6, 6.07) is 4.17. The molecule has 3 aliphatic rings. The molecule has 1 spiro atoms. The minimum atomic E-state index is -4.60. The van der Waals surface area contributed by atoms with Gasteiger partial charge in [0.2, 0.25) is 5.91 Å². The Morgan fingerprint density at radius 1 is 1.12 bits per heavy atom. The SMILES string of the molecule is COC(=O)N(C)c1ccc(N2CCC[C@]3(CCN(C4CCCCC4)C3=O)C2)c(C(F)(F)F)c1. The summed E-state index contributed by atoms with van der Waals surface area (Å²) in [7, 11) is 2.55. The number of piperidine rings is 1. The number of alkyl halides is 3. The summed E-state index contributed by atoms with van der Waals surface area (Å²) < 4.78 is 46.8. The average molecular weight is 468 g/mol. The van der Waals surface area contributed by atoms with Crippen molar-refractivity contribution in [2.24, 2.45) is 5.41 Å². The van der Waals surface area contributed by atoms with Crippen LogP contribution in [0.4, 0.5) is 29.3 Å². The third-order valence-corrected chi connectivity index (χ3v) is 7.60. The lowest BCUT2D eigenvalue weighted by Gasteiger charge is -2.42. The van der Waals surface area contributed by atoms with Gasteiger partial charge in [0.05, 0.1) is 18.1 Å². The number of anilines is 2. The van der Waals surface area contributed by atoms with Crippen LogP contribution < -0.4 is 9.80 Å². The number of carbonyl (C=O) groups excluding carboxylic acids is 2. The Bertz CT molecular complexity index is 901. The van der Waals surface area contributed by atoms with Crippen molar-refractivity contribution in [2.75, 3.05) is 43.6 Å². The molecule has 6 nitrogen and oxygen atoms in total. The van der Waals surface area contributed by atoms with E-state index < -0.39 is 23.2 Å². The summed E-state index contributed by atoms with van der Waals surface area (Å²) >= 11 is 0. The third-order valence-electron chi connectivity index (χ3n) is 7.60. The number of ether oxygens (including phenoxy) is 1. The van der Waals surface area contributed by atoms with E-state index in [-0.39, 0.29) is 23.3 Å². The molecule has 0 bridgehead atoms. The van der Waals surface area contributed by atoms with E-state index in [1.165, 1.54) is 32.7 Å². The van der Waals surface area contributed by atoms with Crippen LogP contribution in [0.25, 0.3) is 0 Å². The van der Waals surface area contributed by atoms with E-state index in [1.807, 2.05) is 4.90 Å². The number of amides is 2. The Morgan fingerprint density at radius 3 is 2.52 bits per heavy atom. The number of methoxy groups -OCH3 is 1. The first-order valence-electron chi connectivity index (χ1n) is 11.8. The highest BCUT2D eigenvalue weighted by Crippen LogP contribution is 2.46. The monoisotopic (exact) mass is 467 g/mol. The number of nitrogens with zero attached hydrogens (tertiary/aromatic N) is 3. The summed E-state index contributed by atoms with van der Waals surface area (Å²) in [5.41, 5.74) is -1.25. The molecule has 33 heavy (non-hydrogen) atoms. The summed E-state index contributed by atoms with van der Waals surface area (Å²) in [5, 5.41) is 0. The summed E-state index contributed by atoms with van der Waals surface area (Å²) in [4.78, 5) is 30.1. The minimum Gasteiger partial charge on any atom is -0.452 e. The van der Waals surface area contributed by atoms with Crippen molar-refractivity contribution in [3.8, 4) is 0 Å². The van der Waals surface area contributed by atoms with Gasteiger partial charge in [-0.2, -0.15) is 13.2 Å². The molecule has 0 aromatic heterocycles. The maximum atomic E-state index is 14.0. The molecule has 2 amide bonds. The second-order valence-electron chi connectivity index (χ2n) is 9.57. The fourth-order valence-electron chi connectivity index (χ4n) is 5.78. The second-order valence-corrected chi connectivity index (χ2v) is 9.57. The Balaban J connectivity index is 1.60. The molecule has 0 unspecified atom stereocenters. The maximum Gasteiger partial charge on any atom is 0.418 e. The quantitative estimate of drug-likeness (QED) is 0.624. The number of halogens is 3. The van der Waals surface area contributed by atoms with E-state index in [2.05, 4.69) is 4.74 Å². The van der Waals surface area contributed by atoms with Gasteiger partial charge in [-0.3, -0.25) is 9.69 Å². The van der Waals surface area contributed by atoms with E-state index in [0.717, 1.165) is 43.1 Å². The van der Waals surface area contributed by atoms with Gasteiger partial charge < -0.3 is 14.5 Å². The number of rotatable bonds is 3. The Morgan fingerprint density at radius 2 is 1.85 bits per heavy atom. The van der Waals surface area contributed by atoms with Crippen molar-refractivity contribution >= 4 is 23.4 Å². The zero-order valence-electron chi connectivity index (χ0n) is 19.3. The lowest BCUT2D eigenvalue weighted by molar-refractivity contribution is -0.139. The summed E-state index contributed by atoms with van der Waals surface area (Å²) in [6.07, 6.45) is 2.28. The molecule has 0 radical (unpaired) electrons. The molecule has 9 heteroatoms. The maximum absolute atomic E-state index is 14.0. The van der Waals surface area contributed by atoms with Gasteiger partial charge in [0.1, 0.15) is 0 Å². The molecule has 1 saturated carbocycles. The van der Waals surface area contributed by atoms with E-state index >= 15 is 0 Å². The highest BCUT2D eigenvalue weighted by Gasteiger charge is 2.51. The Hall–Kier alpha value is -2.45. The molecular formula is C24H32F3N3O3. The second kappa shape index (κ2) is 9.06. The first-order chi connectivity index (χ1) is 15.7. The van der Waals surface area contributed by atoms with Gasteiger partial charge in [0.15, 0.2) is 0 Å². The standard InChI is InChI=1S/C24H32F3N3O3/c1-28(22(32)33-2)18-9-10-20(19(15-18)24(25,26)27)29-13-6-11-23(16-29)12-14-30(21(23)31)17-7-4-3-5-8-17/h9-10,15,17H,3-8,11-14,16H2,1-2H3/t23-/m0/s1. The van der Waals surface area contributed by atoms with Crippen LogP contribution in [0, 0.1) is 5.41 Å². The van der Waals surface area contributed by atoms with Gasteiger partial charge in [-0.15, -0.1) is 0 Å². The predicted octanol–water partition coefficient (Wildman–Crippen LogP) is 5.06. The van der Waals surface area contributed by atoms with E-state index in [1.54, 1.807) is 4.90 Å². The Labute approximate surface area is 192 Å². The first kappa shape index (κ1) is 23.7. The van der Waals surface area contributed by atoms with E-state index in [0.29, 0.717) is 32.5 Å². The van der Waals surface area contributed by atoms with Crippen LogP contribution in [0.2, 0.25) is 0 Å². The van der Waals surface area contributed by atoms with Crippen LogP contribution in [0.5, 0.6) is 0 Å². The lowest BCUT2D eigenvalue weighted by Crippen LogP contribution is -2.50. The molecule has 2 heterocycles. The molecule has 2 saturated heterocycles. The molecule has 0 N–H and O–H groups in total. The van der Waals surface area contributed by atoms with E-state index in [4.69, 9.17) is 0 Å². The number of hydrogen-bond donors (Lipinski definition) is 0. The van der Waals surface area contributed by atoms with E-state index in [9.17, 15) is 22.8 Å². The first-order valence-corrected chi connectivity index (χ1v) is 11.8. The topological polar surface area (TPSA) is 53.1 Å². The number of hydrogen-bond acceptors (Lipinski definition) is 4. The predicted molar refractivity (Wildman–Crippen MR) is 119 cm³/mol. The van der Waals surface area contributed by atoms with Crippen molar-refractivity contribution in [3.63, 3.8) is 0 Å². The van der Waals surface area contributed by atoms with Crippen LogP contribution in [0.1, 0.15) is 56.9 Å². The van der Waals surface area contributed by atoms with Gasteiger partial charge in [-0.05, 0) is 50.3 Å². The molecule has 3 fully saturated rings. The minimum absolute atomic E-state index is 0.0625. The molecule has 1 aromatic rings. The van der Waals surface area contributed by atoms with Crippen molar-refractivity contribution in [1.29, 1.82) is 0 Å². The third kappa shape index (κ3) is 4.51. The average Bonchev–Trinajstić information content (AvgIpc) is 3.12. The molecule has 4 rings (SSSR count). The van der Waals surface area contributed by atoms with Crippen molar-refractivity contribution in [2.45, 2.75) is 63.6 Å². The van der Waals surface area contributed by atoms with Gasteiger partial charge in [-0.1, -0.05) is 19.3 Å². The summed E-state index contributed by atoms with van der Waals surface area (Å²) in [6.45, 7) is 1.46. The van der Waals surface area contributed by atoms with Crippen LogP contribution >= 0.6 is 0 Å². The highest BCUT2D eigenvalue weighted by molar-refractivity contribution is 5.88. The van der Waals surface area contributed by atoms with Crippen LogP contribution in [-0.2, 0) is 15.7 Å². The van der Waals surface area contributed by atoms with Gasteiger partial charge in [-0.25, -0.2) is 4.79 Å². The van der Waals surface area contributed by atoms with Crippen LogP contribution in [0.15, 0.2) is 18.2 Å². The fourth-order valence-corrected chi connectivity index (χ4v) is 5.78. The number of likely N-dealkylation sites (tertiary alicyclic amines) is 1. The van der Waals surface area contributed by atoms with Gasteiger partial charge >= 0.3 is 12.3 Å². The van der Waals surface area contributed by atoms with Gasteiger partial charge in [0.25, 0.3) is 0 Å². The summed E-state index contributed by atoms with van der Waals surface area (Å²) in [5.74, 6) is 0.120. The highest BCUT2D eigenvalue weighted by atomic mass is 19.4. The zero-order chi connectivity index (χ0) is 23.8. The number of benzene rings is 1. The zero-order valence-corrected chi connectivity index (χ0v) is 19.3. The molecule has 2 aliphatic heterocycles. The fraction of sp³-hybridized carbons (Fsp3) is 0.667. The van der Waals surface area contributed by atoms with Gasteiger partial charge in [0, 0.05) is 44.1 Å². The van der Waals surface area contributed by atoms with Crippen LogP contribution in [0.3, 0.4) is 0 Å². The van der Waals surface area contributed by atoms with Crippen molar-refractivity contribution in [3.05, 3.63) is 23.8 Å². The molecule has 1 aliphatic carbocycles. The normalized spacial score (nSPS) is 24.5. The number of carbonyl (C=O) groups is 2. The van der Waals surface area contributed by atoms with Crippen LogP contribution in [-0.4, -0.2) is 56.7 Å². The largest absolute Gasteiger partial charge is 0.452 e. The van der Waals surface area contributed by atoms with Crippen molar-refractivity contribution < 1.29 is 27.5 Å².